The predicted molar refractivity (Wildman–Crippen MR) is 65.6 cm³/mol. The average Bonchev–Trinajstić information content (AvgIpc) is 2.22. The average molecular weight is 222 g/mol. The van der Waals surface area contributed by atoms with Crippen molar-refractivity contribution in [1.29, 1.82) is 0 Å². The van der Waals surface area contributed by atoms with Crippen molar-refractivity contribution >= 4 is 18.0 Å². The molecule has 0 fully saturated rings. The maximum Gasteiger partial charge on any atom is 0.241 e. The third-order valence-electron chi connectivity index (χ3n) is 2.17. The highest BCUT2D eigenvalue weighted by Crippen LogP contribution is 2.06. The van der Waals surface area contributed by atoms with Crippen LogP contribution in [0.4, 0.5) is 0 Å². The number of aliphatic imine (C=N–C) groups is 2. The van der Waals surface area contributed by atoms with Crippen molar-refractivity contribution in [1.82, 2.24) is 10.2 Å². The summed E-state index contributed by atoms with van der Waals surface area (Å²) in [6.45, 7) is 7.23. The molecular weight excluding hydrogens is 204 g/mol. The quantitative estimate of drug-likeness (QED) is 0.564. The Morgan fingerprint density at radius 3 is 3.06 bits per heavy atom. The first-order valence-electron chi connectivity index (χ1n) is 5.36. The zero-order chi connectivity index (χ0) is 12.0. The molecule has 16 heavy (non-hydrogen) atoms. The van der Waals surface area contributed by atoms with Crippen LogP contribution in [0, 0.1) is 0 Å². The summed E-state index contributed by atoms with van der Waals surface area (Å²) in [7, 11) is 0. The van der Waals surface area contributed by atoms with Gasteiger partial charge in [0.2, 0.25) is 5.91 Å². The zero-order valence-electron chi connectivity index (χ0n) is 10.0. The second kappa shape index (κ2) is 6.05. The fraction of sp³-hybridized carbons (Fsp3) is 0.545. The predicted octanol–water partition coefficient (Wildman–Crippen LogP) is 0.789. The van der Waals surface area contributed by atoms with Gasteiger partial charge in [-0.15, -0.1) is 0 Å². The monoisotopic (exact) mass is 222 g/mol. The number of likely N-dealkylation sites (N-methyl/N-ethyl adjacent to an activating group) is 1. The van der Waals surface area contributed by atoms with Crippen LogP contribution in [0.2, 0.25) is 0 Å². The standard InChI is InChI=1S/C11H18N4O/c1-4-13-11(16)6-12-7-15-8-14-9(2)5-10(15)3/h5,7H,4,6,8H2,1-3H3,(H,13,16). The molecule has 0 aromatic rings. The van der Waals surface area contributed by atoms with Crippen LogP contribution < -0.4 is 5.32 Å². The van der Waals surface area contributed by atoms with Crippen molar-refractivity contribution in [3.63, 3.8) is 0 Å². The summed E-state index contributed by atoms with van der Waals surface area (Å²) in [5.74, 6) is -0.0583. The van der Waals surface area contributed by atoms with Gasteiger partial charge in [0.1, 0.15) is 13.2 Å². The molecule has 0 atom stereocenters. The van der Waals surface area contributed by atoms with Gasteiger partial charge in [0.05, 0.1) is 6.34 Å². The Morgan fingerprint density at radius 1 is 1.69 bits per heavy atom. The number of hydrogen-bond donors (Lipinski definition) is 1. The summed E-state index contributed by atoms with van der Waals surface area (Å²) in [6.07, 6.45) is 3.65. The summed E-state index contributed by atoms with van der Waals surface area (Å²) < 4.78 is 0. The lowest BCUT2D eigenvalue weighted by Gasteiger charge is -2.21. The van der Waals surface area contributed by atoms with Crippen LogP contribution in [0.1, 0.15) is 20.8 Å². The Labute approximate surface area is 96.0 Å². The molecule has 0 saturated heterocycles. The maximum atomic E-state index is 11.1. The SMILES string of the molecule is CCNC(=O)CN=CN1CN=C(C)C=C1C. The molecule has 5 heteroatoms. The van der Waals surface area contributed by atoms with Crippen LogP contribution in [-0.2, 0) is 4.79 Å². The summed E-state index contributed by atoms with van der Waals surface area (Å²) in [6, 6.07) is 0. The second-order valence-corrected chi connectivity index (χ2v) is 3.61. The topological polar surface area (TPSA) is 57.1 Å². The number of hydrogen-bond acceptors (Lipinski definition) is 3. The first-order valence-corrected chi connectivity index (χ1v) is 5.36. The molecule has 0 spiro atoms. The number of nitrogens with zero attached hydrogens (tertiary/aromatic N) is 3. The largest absolute Gasteiger partial charge is 0.355 e. The van der Waals surface area contributed by atoms with E-state index in [4.69, 9.17) is 0 Å². The minimum absolute atomic E-state index is 0.0583. The van der Waals surface area contributed by atoms with E-state index in [0.717, 1.165) is 11.4 Å². The minimum atomic E-state index is -0.0583. The summed E-state index contributed by atoms with van der Waals surface area (Å²) >= 11 is 0. The molecule has 1 amide bonds. The summed E-state index contributed by atoms with van der Waals surface area (Å²) in [5.41, 5.74) is 2.11. The van der Waals surface area contributed by atoms with Gasteiger partial charge in [-0.3, -0.25) is 14.8 Å². The molecule has 1 aliphatic heterocycles. The molecule has 0 bridgehead atoms. The Bertz CT molecular complexity index is 344. The molecule has 0 aliphatic carbocycles. The normalized spacial score (nSPS) is 16.1. The fourth-order valence-corrected chi connectivity index (χ4v) is 1.33. The van der Waals surface area contributed by atoms with Gasteiger partial charge in [-0.1, -0.05) is 0 Å². The van der Waals surface area contributed by atoms with Gasteiger partial charge in [0, 0.05) is 18.0 Å². The molecule has 1 aliphatic rings. The molecule has 0 unspecified atom stereocenters. The van der Waals surface area contributed by atoms with Gasteiger partial charge >= 0.3 is 0 Å². The van der Waals surface area contributed by atoms with E-state index in [1.807, 2.05) is 31.7 Å². The lowest BCUT2D eigenvalue weighted by Crippen LogP contribution is -2.27. The van der Waals surface area contributed by atoms with Gasteiger partial charge in [-0.2, -0.15) is 0 Å². The number of carbonyl (C=O) groups excluding carboxylic acids is 1. The highest BCUT2D eigenvalue weighted by molar-refractivity contribution is 5.94. The Balaban J connectivity index is 2.41. The first-order chi connectivity index (χ1) is 7.63. The van der Waals surface area contributed by atoms with E-state index >= 15 is 0 Å². The Kier molecular flexibility index (Phi) is 4.69. The highest BCUT2D eigenvalue weighted by Gasteiger charge is 2.06. The molecular formula is C11H18N4O. The van der Waals surface area contributed by atoms with Gasteiger partial charge in [0.15, 0.2) is 0 Å². The van der Waals surface area contributed by atoms with E-state index < -0.39 is 0 Å². The molecule has 88 valence electrons. The number of carbonyl (C=O) groups is 1. The Morgan fingerprint density at radius 2 is 2.44 bits per heavy atom. The Hall–Kier alpha value is -1.65. The molecule has 0 radical (unpaired) electrons. The van der Waals surface area contributed by atoms with Crippen molar-refractivity contribution in [2.24, 2.45) is 9.98 Å². The molecule has 5 nitrogen and oxygen atoms in total. The van der Waals surface area contributed by atoms with Gasteiger partial charge in [-0.25, -0.2) is 0 Å². The molecule has 0 aromatic carbocycles. The molecule has 1 N–H and O–H groups in total. The van der Waals surface area contributed by atoms with E-state index in [0.29, 0.717) is 13.2 Å². The van der Waals surface area contributed by atoms with Crippen LogP contribution in [0.25, 0.3) is 0 Å². The van der Waals surface area contributed by atoms with Crippen molar-refractivity contribution < 1.29 is 4.79 Å². The lowest BCUT2D eigenvalue weighted by atomic mass is 10.3. The van der Waals surface area contributed by atoms with Crippen LogP contribution in [0.3, 0.4) is 0 Å². The van der Waals surface area contributed by atoms with E-state index in [-0.39, 0.29) is 12.5 Å². The summed E-state index contributed by atoms with van der Waals surface area (Å²) in [5, 5.41) is 2.69. The number of nitrogens with one attached hydrogen (secondary N) is 1. The number of rotatable bonds is 4. The van der Waals surface area contributed by atoms with E-state index in [1.165, 1.54) is 0 Å². The smallest absolute Gasteiger partial charge is 0.241 e. The van der Waals surface area contributed by atoms with Gasteiger partial charge in [-0.05, 0) is 26.8 Å². The third kappa shape index (κ3) is 3.84. The van der Waals surface area contributed by atoms with Crippen molar-refractivity contribution in [2.75, 3.05) is 19.8 Å². The molecule has 1 rings (SSSR count). The minimum Gasteiger partial charge on any atom is -0.355 e. The summed E-state index contributed by atoms with van der Waals surface area (Å²) in [4.78, 5) is 21.4. The fourth-order valence-electron chi connectivity index (χ4n) is 1.33. The highest BCUT2D eigenvalue weighted by atomic mass is 16.1. The van der Waals surface area contributed by atoms with Crippen LogP contribution in [0.15, 0.2) is 21.8 Å². The molecule has 0 saturated carbocycles. The third-order valence-corrected chi connectivity index (χ3v) is 2.17. The van der Waals surface area contributed by atoms with Crippen LogP contribution in [-0.4, -0.2) is 42.6 Å². The first kappa shape index (κ1) is 12.4. The van der Waals surface area contributed by atoms with E-state index in [2.05, 4.69) is 15.3 Å². The maximum absolute atomic E-state index is 11.1. The second-order valence-electron chi connectivity index (χ2n) is 3.61. The molecule has 0 aromatic heterocycles. The van der Waals surface area contributed by atoms with Crippen molar-refractivity contribution in [2.45, 2.75) is 20.8 Å². The zero-order valence-corrected chi connectivity index (χ0v) is 10.0. The van der Waals surface area contributed by atoms with Gasteiger partial charge in [0.25, 0.3) is 0 Å². The van der Waals surface area contributed by atoms with Gasteiger partial charge < -0.3 is 10.2 Å². The van der Waals surface area contributed by atoms with Crippen LogP contribution >= 0.6 is 0 Å². The number of allylic oxidation sites excluding steroid dienone is 2. The molecule has 1 heterocycles. The van der Waals surface area contributed by atoms with E-state index in [1.54, 1.807) is 6.34 Å². The van der Waals surface area contributed by atoms with Crippen LogP contribution in [0.5, 0.6) is 0 Å². The van der Waals surface area contributed by atoms with E-state index in [9.17, 15) is 4.79 Å². The lowest BCUT2D eigenvalue weighted by molar-refractivity contribution is -0.119. The van der Waals surface area contributed by atoms with Crippen molar-refractivity contribution in [3.8, 4) is 0 Å². The number of amides is 1. The van der Waals surface area contributed by atoms with Crippen molar-refractivity contribution in [3.05, 3.63) is 11.8 Å².